The standard InChI is InChI=1S/C15H18F3N3O3/c1-2-24-15(23)21-7-5-20(6-8-21)12(22)9-19-11-4-3-10(16)13(17)14(11)18/h3-4,19H,2,5-9H2,1H3. The summed E-state index contributed by atoms with van der Waals surface area (Å²) in [5.41, 5.74) is -0.285. The Kier molecular flexibility index (Phi) is 5.88. The molecule has 2 amide bonds. The molecular weight excluding hydrogens is 327 g/mol. The summed E-state index contributed by atoms with van der Waals surface area (Å²) in [6.45, 7) is 3.04. The molecule has 0 unspecified atom stereocenters. The number of hydrogen-bond acceptors (Lipinski definition) is 4. The van der Waals surface area contributed by atoms with E-state index in [1.807, 2.05) is 0 Å². The molecule has 0 aliphatic carbocycles. The lowest BCUT2D eigenvalue weighted by Gasteiger charge is -2.34. The fourth-order valence-electron chi connectivity index (χ4n) is 2.30. The Morgan fingerprint density at radius 3 is 2.33 bits per heavy atom. The van der Waals surface area contributed by atoms with Crippen LogP contribution in [0.2, 0.25) is 0 Å². The minimum Gasteiger partial charge on any atom is -0.450 e. The van der Waals surface area contributed by atoms with E-state index in [1.165, 1.54) is 9.80 Å². The number of nitrogens with one attached hydrogen (secondary N) is 1. The summed E-state index contributed by atoms with van der Waals surface area (Å²) in [4.78, 5) is 26.6. The van der Waals surface area contributed by atoms with Gasteiger partial charge in [0.15, 0.2) is 17.5 Å². The third-order valence-corrected chi connectivity index (χ3v) is 3.62. The molecule has 1 heterocycles. The first kappa shape index (κ1) is 17.9. The van der Waals surface area contributed by atoms with E-state index in [0.29, 0.717) is 26.2 Å². The SMILES string of the molecule is CCOC(=O)N1CCN(C(=O)CNc2ccc(F)c(F)c2F)CC1. The number of hydrogen-bond donors (Lipinski definition) is 1. The predicted octanol–water partition coefficient (Wildman–Crippen LogP) is 1.82. The van der Waals surface area contributed by atoms with Crippen LogP contribution in [0.5, 0.6) is 0 Å². The van der Waals surface area contributed by atoms with Crippen molar-refractivity contribution in [2.24, 2.45) is 0 Å². The van der Waals surface area contributed by atoms with Crippen molar-refractivity contribution in [1.29, 1.82) is 0 Å². The molecule has 0 aromatic heterocycles. The van der Waals surface area contributed by atoms with Gasteiger partial charge in [-0.1, -0.05) is 0 Å². The van der Waals surface area contributed by atoms with E-state index < -0.39 is 23.5 Å². The zero-order chi connectivity index (χ0) is 17.7. The molecule has 2 rings (SSSR count). The van der Waals surface area contributed by atoms with Gasteiger partial charge in [-0.25, -0.2) is 18.0 Å². The van der Waals surface area contributed by atoms with Crippen LogP contribution in [0.4, 0.5) is 23.7 Å². The maximum absolute atomic E-state index is 13.5. The van der Waals surface area contributed by atoms with Crippen molar-refractivity contribution in [3.8, 4) is 0 Å². The lowest BCUT2D eigenvalue weighted by atomic mass is 10.2. The molecule has 1 aliphatic heterocycles. The molecule has 24 heavy (non-hydrogen) atoms. The molecule has 0 bridgehead atoms. The van der Waals surface area contributed by atoms with E-state index in [-0.39, 0.29) is 24.7 Å². The number of halogens is 3. The molecule has 132 valence electrons. The van der Waals surface area contributed by atoms with Gasteiger partial charge in [0, 0.05) is 26.2 Å². The summed E-state index contributed by atoms with van der Waals surface area (Å²) < 4.78 is 44.3. The molecule has 1 fully saturated rings. The summed E-state index contributed by atoms with van der Waals surface area (Å²) in [5.74, 6) is -4.58. The Morgan fingerprint density at radius 1 is 1.08 bits per heavy atom. The summed E-state index contributed by atoms with van der Waals surface area (Å²) in [7, 11) is 0. The summed E-state index contributed by atoms with van der Waals surface area (Å²) in [6, 6.07) is 1.81. The van der Waals surface area contributed by atoms with E-state index in [4.69, 9.17) is 4.74 Å². The van der Waals surface area contributed by atoms with Gasteiger partial charge in [0.05, 0.1) is 18.8 Å². The fourth-order valence-corrected chi connectivity index (χ4v) is 2.30. The molecule has 0 radical (unpaired) electrons. The van der Waals surface area contributed by atoms with Crippen molar-refractivity contribution in [2.45, 2.75) is 6.92 Å². The number of amides is 2. The van der Waals surface area contributed by atoms with Gasteiger partial charge in [-0.3, -0.25) is 4.79 Å². The predicted molar refractivity (Wildman–Crippen MR) is 80.0 cm³/mol. The van der Waals surface area contributed by atoms with Crippen molar-refractivity contribution in [3.05, 3.63) is 29.6 Å². The Balaban J connectivity index is 1.84. The first-order valence-corrected chi connectivity index (χ1v) is 7.51. The zero-order valence-electron chi connectivity index (χ0n) is 13.2. The van der Waals surface area contributed by atoms with Crippen LogP contribution < -0.4 is 5.32 Å². The van der Waals surface area contributed by atoms with Crippen molar-refractivity contribution in [2.75, 3.05) is 44.6 Å². The normalized spacial score (nSPS) is 14.5. The average Bonchev–Trinajstić information content (AvgIpc) is 2.59. The van der Waals surface area contributed by atoms with Crippen LogP contribution in [0, 0.1) is 17.5 Å². The number of carbonyl (C=O) groups excluding carboxylic acids is 2. The van der Waals surface area contributed by atoms with Crippen LogP contribution >= 0.6 is 0 Å². The van der Waals surface area contributed by atoms with Gasteiger partial charge < -0.3 is 19.9 Å². The van der Waals surface area contributed by atoms with Crippen molar-refractivity contribution < 1.29 is 27.5 Å². The van der Waals surface area contributed by atoms with Gasteiger partial charge in [-0.05, 0) is 19.1 Å². The van der Waals surface area contributed by atoms with E-state index in [0.717, 1.165) is 12.1 Å². The molecule has 0 spiro atoms. The highest BCUT2D eigenvalue weighted by Crippen LogP contribution is 2.19. The number of carbonyl (C=O) groups is 2. The maximum atomic E-state index is 13.5. The first-order chi connectivity index (χ1) is 11.4. The highest BCUT2D eigenvalue weighted by molar-refractivity contribution is 5.81. The Morgan fingerprint density at radius 2 is 1.71 bits per heavy atom. The van der Waals surface area contributed by atoms with Crippen LogP contribution in [0.1, 0.15) is 6.92 Å². The monoisotopic (exact) mass is 345 g/mol. The summed E-state index contributed by atoms with van der Waals surface area (Å²) in [5, 5.41) is 2.45. The lowest BCUT2D eigenvalue weighted by molar-refractivity contribution is -0.130. The summed E-state index contributed by atoms with van der Waals surface area (Å²) in [6.07, 6.45) is -0.424. The van der Waals surface area contributed by atoms with Gasteiger partial charge in [0.1, 0.15) is 0 Å². The number of ether oxygens (including phenoxy) is 1. The zero-order valence-corrected chi connectivity index (χ0v) is 13.2. The third-order valence-electron chi connectivity index (χ3n) is 3.62. The average molecular weight is 345 g/mol. The lowest BCUT2D eigenvalue weighted by Crippen LogP contribution is -2.51. The number of anilines is 1. The number of piperazine rings is 1. The molecule has 9 heteroatoms. The maximum Gasteiger partial charge on any atom is 0.409 e. The Labute approximate surface area is 137 Å². The highest BCUT2D eigenvalue weighted by atomic mass is 19.2. The van der Waals surface area contributed by atoms with Gasteiger partial charge in [0.2, 0.25) is 5.91 Å². The van der Waals surface area contributed by atoms with Gasteiger partial charge in [-0.2, -0.15) is 0 Å². The van der Waals surface area contributed by atoms with Crippen molar-refractivity contribution in [3.63, 3.8) is 0 Å². The van der Waals surface area contributed by atoms with Crippen molar-refractivity contribution in [1.82, 2.24) is 9.80 Å². The molecule has 1 saturated heterocycles. The summed E-state index contributed by atoms with van der Waals surface area (Å²) >= 11 is 0. The van der Waals surface area contributed by atoms with Gasteiger partial charge >= 0.3 is 6.09 Å². The highest BCUT2D eigenvalue weighted by Gasteiger charge is 2.25. The van der Waals surface area contributed by atoms with Crippen molar-refractivity contribution >= 4 is 17.7 Å². The molecule has 1 aromatic carbocycles. The van der Waals surface area contributed by atoms with Crippen LogP contribution in [0.15, 0.2) is 12.1 Å². The minimum absolute atomic E-state index is 0.263. The Hall–Kier alpha value is -2.45. The third kappa shape index (κ3) is 4.09. The van der Waals surface area contributed by atoms with Crippen LogP contribution in [0.3, 0.4) is 0 Å². The molecular formula is C15H18F3N3O3. The van der Waals surface area contributed by atoms with E-state index in [1.54, 1.807) is 6.92 Å². The van der Waals surface area contributed by atoms with Crippen LogP contribution in [0.25, 0.3) is 0 Å². The van der Waals surface area contributed by atoms with Crippen LogP contribution in [-0.4, -0.2) is 61.1 Å². The second kappa shape index (κ2) is 7.89. The second-order valence-corrected chi connectivity index (χ2v) is 5.14. The van der Waals surface area contributed by atoms with Crippen LogP contribution in [-0.2, 0) is 9.53 Å². The number of nitrogens with zero attached hydrogens (tertiary/aromatic N) is 2. The molecule has 0 atom stereocenters. The van der Waals surface area contributed by atoms with Gasteiger partial charge in [-0.15, -0.1) is 0 Å². The second-order valence-electron chi connectivity index (χ2n) is 5.14. The van der Waals surface area contributed by atoms with E-state index >= 15 is 0 Å². The van der Waals surface area contributed by atoms with E-state index in [9.17, 15) is 22.8 Å². The molecule has 1 aromatic rings. The quantitative estimate of drug-likeness (QED) is 0.846. The smallest absolute Gasteiger partial charge is 0.409 e. The molecule has 0 saturated carbocycles. The topological polar surface area (TPSA) is 61.9 Å². The first-order valence-electron chi connectivity index (χ1n) is 7.51. The largest absolute Gasteiger partial charge is 0.450 e. The van der Waals surface area contributed by atoms with E-state index in [2.05, 4.69) is 5.32 Å². The number of rotatable bonds is 4. The Bertz CT molecular complexity index is 619. The van der Waals surface area contributed by atoms with Gasteiger partial charge in [0.25, 0.3) is 0 Å². The number of benzene rings is 1. The minimum atomic E-state index is -1.59. The molecule has 1 aliphatic rings. The molecule has 1 N–H and O–H groups in total. The fraction of sp³-hybridized carbons (Fsp3) is 0.467. The molecule has 6 nitrogen and oxygen atoms in total.